The van der Waals surface area contributed by atoms with Crippen LogP contribution in [0.25, 0.3) is 0 Å². The summed E-state index contributed by atoms with van der Waals surface area (Å²) in [5.41, 5.74) is 0.885. The highest BCUT2D eigenvalue weighted by Crippen LogP contribution is 2.25. The zero-order valence-corrected chi connectivity index (χ0v) is 13.9. The molecule has 0 bridgehead atoms. The molecule has 0 aromatic heterocycles. The first-order chi connectivity index (χ1) is 8.84. The Morgan fingerprint density at radius 1 is 1.47 bits per heavy atom. The zero-order valence-electron chi connectivity index (χ0n) is 11.5. The fourth-order valence-electron chi connectivity index (χ4n) is 1.36. The van der Waals surface area contributed by atoms with E-state index in [0.717, 1.165) is 14.9 Å². The first kappa shape index (κ1) is 16.5. The molecular weight excluding hydrogens is 326 g/mol. The van der Waals surface area contributed by atoms with Crippen molar-refractivity contribution in [2.24, 2.45) is 5.41 Å². The molecule has 0 saturated heterocycles. The Labute approximate surface area is 127 Å². The van der Waals surface area contributed by atoms with Gasteiger partial charge in [0.25, 0.3) is 0 Å². The number of hydrogen-bond donors (Lipinski definition) is 2. The van der Waals surface area contributed by atoms with Crippen molar-refractivity contribution in [3.05, 3.63) is 28.2 Å². The van der Waals surface area contributed by atoms with Crippen LogP contribution < -0.4 is 5.32 Å². The minimum absolute atomic E-state index is 0.00570. The predicted molar refractivity (Wildman–Crippen MR) is 83.5 cm³/mol. The highest BCUT2D eigenvalue weighted by molar-refractivity contribution is 9.10. The number of aliphatic hydroxyl groups excluding tert-OH is 1. The van der Waals surface area contributed by atoms with Gasteiger partial charge < -0.3 is 10.4 Å². The van der Waals surface area contributed by atoms with Gasteiger partial charge in [-0.05, 0) is 30.7 Å². The Balaban J connectivity index is 2.42. The minimum Gasteiger partial charge on any atom is -0.396 e. The number of amides is 1. The van der Waals surface area contributed by atoms with Gasteiger partial charge in [-0.25, -0.2) is 0 Å². The van der Waals surface area contributed by atoms with Gasteiger partial charge in [0.15, 0.2) is 0 Å². The van der Waals surface area contributed by atoms with Crippen LogP contribution in [0.2, 0.25) is 0 Å². The Morgan fingerprint density at radius 3 is 2.74 bits per heavy atom. The average molecular weight is 346 g/mol. The van der Waals surface area contributed by atoms with Crippen molar-refractivity contribution in [3.8, 4) is 0 Å². The topological polar surface area (TPSA) is 49.3 Å². The van der Waals surface area contributed by atoms with Crippen molar-refractivity contribution in [3.63, 3.8) is 0 Å². The number of hydrogen-bond acceptors (Lipinski definition) is 3. The van der Waals surface area contributed by atoms with Crippen LogP contribution >= 0.6 is 27.7 Å². The van der Waals surface area contributed by atoms with Crippen LogP contribution in [0.4, 0.5) is 0 Å². The Hall–Kier alpha value is -0.520. The summed E-state index contributed by atoms with van der Waals surface area (Å²) < 4.78 is 1.04. The molecule has 3 nitrogen and oxygen atoms in total. The SMILES string of the molecule is Cc1cc(Br)ccc1SCC(=O)NCC(C)(C)CO. The van der Waals surface area contributed by atoms with Crippen molar-refractivity contribution in [1.82, 2.24) is 5.32 Å². The molecule has 0 atom stereocenters. The lowest BCUT2D eigenvalue weighted by molar-refractivity contribution is -0.119. The van der Waals surface area contributed by atoms with E-state index in [1.54, 1.807) is 0 Å². The summed E-state index contributed by atoms with van der Waals surface area (Å²) in [6, 6.07) is 6.02. The van der Waals surface area contributed by atoms with E-state index in [0.29, 0.717) is 12.3 Å². The lowest BCUT2D eigenvalue weighted by Gasteiger charge is -2.21. The third kappa shape index (κ3) is 5.97. The molecule has 0 unspecified atom stereocenters. The molecule has 1 amide bonds. The number of carbonyl (C=O) groups is 1. The Morgan fingerprint density at radius 2 is 2.16 bits per heavy atom. The summed E-state index contributed by atoms with van der Waals surface area (Å²) >= 11 is 4.95. The van der Waals surface area contributed by atoms with Crippen molar-refractivity contribution in [1.29, 1.82) is 0 Å². The molecular formula is C14H20BrNO2S. The largest absolute Gasteiger partial charge is 0.396 e. The fourth-order valence-corrected chi connectivity index (χ4v) is 2.68. The Bertz CT molecular complexity index is 449. The molecule has 1 aromatic rings. The molecule has 0 saturated carbocycles. The van der Waals surface area contributed by atoms with Gasteiger partial charge in [0.05, 0.1) is 5.75 Å². The zero-order chi connectivity index (χ0) is 14.5. The van der Waals surface area contributed by atoms with Crippen LogP contribution in [0.15, 0.2) is 27.6 Å². The number of aryl methyl sites for hydroxylation is 1. The summed E-state index contributed by atoms with van der Waals surface area (Å²) in [5.74, 6) is 0.387. The van der Waals surface area contributed by atoms with Crippen LogP contribution in [-0.4, -0.2) is 29.9 Å². The van der Waals surface area contributed by atoms with Crippen molar-refractivity contribution in [2.45, 2.75) is 25.7 Å². The summed E-state index contributed by atoms with van der Waals surface area (Å²) in [7, 11) is 0. The molecule has 106 valence electrons. The van der Waals surface area contributed by atoms with Crippen molar-refractivity contribution in [2.75, 3.05) is 18.9 Å². The van der Waals surface area contributed by atoms with E-state index < -0.39 is 0 Å². The van der Waals surface area contributed by atoms with Gasteiger partial charge >= 0.3 is 0 Å². The van der Waals surface area contributed by atoms with Crippen LogP contribution in [0.1, 0.15) is 19.4 Å². The van der Waals surface area contributed by atoms with E-state index in [-0.39, 0.29) is 17.9 Å². The molecule has 1 rings (SSSR count). The molecule has 2 N–H and O–H groups in total. The monoisotopic (exact) mass is 345 g/mol. The van der Waals surface area contributed by atoms with Gasteiger partial charge in [-0.3, -0.25) is 4.79 Å². The number of halogens is 1. The molecule has 5 heteroatoms. The van der Waals surface area contributed by atoms with E-state index in [2.05, 4.69) is 21.2 Å². The highest BCUT2D eigenvalue weighted by atomic mass is 79.9. The molecule has 0 heterocycles. The van der Waals surface area contributed by atoms with Crippen molar-refractivity contribution < 1.29 is 9.90 Å². The van der Waals surface area contributed by atoms with Crippen LogP contribution in [-0.2, 0) is 4.79 Å². The smallest absolute Gasteiger partial charge is 0.230 e. The number of benzene rings is 1. The van der Waals surface area contributed by atoms with Gasteiger partial charge in [-0.2, -0.15) is 0 Å². The predicted octanol–water partition coefficient (Wildman–Crippen LogP) is 2.98. The Kier molecular flexibility index (Phi) is 6.36. The first-order valence-corrected chi connectivity index (χ1v) is 7.88. The number of thioether (sulfide) groups is 1. The van der Waals surface area contributed by atoms with E-state index in [1.165, 1.54) is 11.8 Å². The lowest BCUT2D eigenvalue weighted by Crippen LogP contribution is -2.36. The van der Waals surface area contributed by atoms with Gasteiger partial charge in [0.2, 0.25) is 5.91 Å². The highest BCUT2D eigenvalue weighted by Gasteiger charge is 2.17. The van der Waals surface area contributed by atoms with Crippen LogP contribution in [0.5, 0.6) is 0 Å². The fraction of sp³-hybridized carbons (Fsp3) is 0.500. The maximum Gasteiger partial charge on any atom is 0.230 e. The maximum absolute atomic E-state index is 11.7. The molecule has 0 aliphatic carbocycles. The quantitative estimate of drug-likeness (QED) is 0.779. The second-order valence-corrected chi connectivity index (χ2v) is 7.23. The van der Waals surface area contributed by atoms with Gasteiger partial charge in [0.1, 0.15) is 0 Å². The molecule has 19 heavy (non-hydrogen) atoms. The van der Waals surface area contributed by atoms with E-state index >= 15 is 0 Å². The minimum atomic E-state index is -0.270. The number of carbonyl (C=O) groups excluding carboxylic acids is 1. The van der Waals surface area contributed by atoms with Gasteiger partial charge in [0, 0.05) is 27.9 Å². The van der Waals surface area contributed by atoms with Gasteiger partial charge in [-0.15, -0.1) is 11.8 Å². The molecule has 0 fully saturated rings. The second kappa shape index (κ2) is 7.31. The van der Waals surface area contributed by atoms with E-state index in [9.17, 15) is 4.79 Å². The summed E-state index contributed by atoms with van der Waals surface area (Å²) in [4.78, 5) is 12.8. The van der Waals surface area contributed by atoms with Crippen LogP contribution in [0, 0.1) is 12.3 Å². The normalized spacial score (nSPS) is 11.4. The average Bonchev–Trinajstić information content (AvgIpc) is 2.35. The molecule has 1 aromatic carbocycles. The number of aliphatic hydroxyl groups is 1. The standard InChI is InChI=1S/C14H20BrNO2S/c1-10-6-11(15)4-5-12(10)19-7-13(18)16-8-14(2,3)9-17/h4-6,17H,7-9H2,1-3H3,(H,16,18). The van der Waals surface area contributed by atoms with Crippen molar-refractivity contribution >= 4 is 33.6 Å². The van der Waals surface area contributed by atoms with Gasteiger partial charge in [-0.1, -0.05) is 29.8 Å². The molecule has 0 radical (unpaired) electrons. The first-order valence-electron chi connectivity index (χ1n) is 6.10. The molecule has 0 spiro atoms. The number of rotatable bonds is 6. The van der Waals surface area contributed by atoms with Crippen LogP contribution in [0.3, 0.4) is 0 Å². The summed E-state index contributed by atoms with van der Waals surface area (Å²) in [6.45, 7) is 6.41. The second-order valence-electron chi connectivity index (χ2n) is 5.30. The number of nitrogens with one attached hydrogen (secondary N) is 1. The van der Waals surface area contributed by atoms with E-state index in [1.807, 2.05) is 39.0 Å². The molecule has 0 aliphatic heterocycles. The summed E-state index contributed by atoms with van der Waals surface area (Å²) in [6.07, 6.45) is 0. The summed E-state index contributed by atoms with van der Waals surface area (Å²) in [5, 5.41) is 12.0. The lowest BCUT2D eigenvalue weighted by atomic mass is 9.95. The third-order valence-corrected chi connectivity index (χ3v) is 4.36. The molecule has 0 aliphatic rings. The van der Waals surface area contributed by atoms with E-state index in [4.69, 9.17) is 5.11 Å². The third-order valence-electron chi connectivity index (χ3n) is 2.69. The maximum atomic E-state index is 11.7.